The van der Waals surface area contributed by atoms with Crippen molar-refractivity contribution in [2.24, 2.45) is 0 Å². The maximum absolute atomic E-state index is 4.40. The average molecular weight is 303 g/mol. The lowest BCUT2D eigenvalue weighted by Crippen LogP contribution is -2.11. The van der Waals surface area contributed by atoms with Gasteiger partial charge < -0.3 is 5.32 Å². The van der Waals surface area contributed by atoms with Gasteiger partial charge in [-0.1, -0.05) is 0 Å². The van der Waals surface area contributed by atoms with Crippen molar-refractivity contribution in [2.45, 2.75) is 20.0 Å². The summed E-state index contributed by atoms with van der Waals surface area (Å²) in [7, 11) is 0. The molecule has 0 bridgehead atoms. The summed E-state index contributed by atoms with van der Waals surface area (Å²) >= 11 is 6.93. The van der Waals surface area contributed by atoms with Gasteiger partial charge >= 0.3 is 0 Å². The van der Waals surface area contributed by atoms with Crippen LogP contribution in [0.5, 0.6) is 0 Å². The van der Waals surface area contributed by atoms with Crippen molar-refractivity contribution in [2.75, 3.05) is 0 Å². The van der Waals surface area contributed by atoms with Gasteiger partial charge in [0, 0.05) is 29.0 Å². The summed E-state index contributed by atoms with van der Waals surface area (Å²) in [5, 5.41) is 6.62. The number of hydrogen-bond acceptors (Lipinski definition) is 4. The molecule has 2 nitrogen and oxygen atoms in total. The predicted octanol–water partition coefficient (Wildman–Crippen LogP) is 3.57. The average Bonchev–Trinajstić information content (AvgIpc) is 2.76. The molecule has 0 saturated carbocycles. The third kappa shape index (κ3) is 3.38. The molecule has 2 aromatic heterocycles. The largest absolute Gasteiger partial charge is 0.306 e. The van der Waals surface area contributed by atoms with Crippen molar-refractivity contribution >= 4 is 38.6 Å². The summed E-state index contributed by atoms with van der Waals surface area (Å²) in [4.78, 5) is 5.74. The van der Waals surface area contributed by atoms with E-state index < -0.39 is 0 Å². The quantitative estimate of drug-likeness (QED) is 0.934. The number of thiophene rings is 1. The Labute approximate surface area is 106 Å². The van der Waals surface area contributed by atoms with Gasteiger partial charge in [0.25, 0.3) is 0 Å². The van der Waals surface area contributed by atoms with Crippen molar-refractivity contribution in [3.63, 3.8) is 0 Å². The van der Waals surface area contributed by atoms with Crippen LogP contribution < -0.4 is 5.32 Å². The Morgan fingerprint density at radius 2 is 2.27 bits per heavy atom. The van der Waals surface area contributed by atoms with E-state index in [0.717, 1.165) is 23.8 Å². The number of aromatic nitrogens is 1. The second-order valence-corrected chi connectivity index (χ2v) is 6.68. The SMILES string of the molecule is Cc1csc(CNCc2ccc(Br)s2)n1. The lowest BCUT2D eigenvalue weighted by Gasteiger charge is -1.98. The summed E-state index contributed by atoms with van der Waals surface area (Å²) in [5.41, 5.74) is 1.11. The highest BCUT2D eigenvalue weighted by Crippen LogP contribution is 2.21. The van der Waals surface area contributed by atoms with Gasteiger partial charge in [0.2, 0.25) is 0 Å². The molecule has 0 radical (unpaired) electrons. The summed E-state index contributed by atoms with van der Waals surface area (Å²) < 4.78 is 1.18. The summed E-state index contributed by atoms with van der Waals surface area (Å²) in [6, 6.07) is 4.21. The number of nitrogens with one attached hydrogen (secondary N) is 1. The summed E-state index contributed by atoms with van der Waals surface area (Å²) in [5.74, 6) is 0. The molecule has 0 fully saturated rings. The number of thiazole rings is 1. The molecule has 0 atom stereocenters. The number of halogens is 1. The smallest absolute Gasteiger partial charge is 0.107 e. The first kappa shape index (κ1) is 11.3. The number of rotatable bonds is 4. The molecule has 80 valence electrons. The van der Waals surface area contributed by atoms with E-state index in [2.05, 4.69) is 43.7 Å². The first-order chi connectivity index (χ1) is 7.24. The van der Waals surface area contributed by atoms with E-state index in [1.165, 1.54) is 8.66 Å². The highest BCUT2D eigenvalue weighted by Gasteiger charge is 2.00. The maximum atomic E-state index is 4.40. The third-order valence-corrected chi connectivity index (χ3v) is 4.46. The molecule has 0 aromatic carbocycles. The zero-order valence-corrected chi connectivity index (χ0v) is 11.5. The topological polar surface area (TPSA) is 24.9 Å². The van der Waals surface area contributed by atoms with Crippen molar-refractivity contribution in [3.8, 4) is 0 Å². The van der Waals surface area contributed by atoms with Crippen LogP contribution in [0, 0.1) is 6.92 Å². The Kier molecular flexibility index (Phi) is 3.91. The maximum Gasteiger partial charge on any atom is 0.107 e. The normalized spacial score (nSPS) is 10.8. The monoisotopic (exact) mass is 302 g/mol. The predicted molar refractivity (Wildman–Crippen MR) is 69.4 cm³/mol. The number of aryl methyl sites for hydroxylation is 1. The zero-order valence-electron chi connectivity index (χ0n) is 8.29. The van der Waals surface area contributed by atoms with Crippen molar-refractivity contribution < 1.29 is 0 Å². The van der Waals surface area contributed by atoms with Crippen LogP contribution in [-0.4, -0.2) is 4.98 Å². The minimum absolute atomic E-state index is 0.855. The highest BCUT2D eigenvalue weighted by molar-refractivity contribution is 9.11. The van der Waals surface area contributed by atoms with Gasteiger partial charge in [0.1, 0.15) is 5.01 Å². The molecule has 2 rings (SSSR count). The third-order valence-electron chi connectivity index (χ3n) is 1.87. The molecule has 2 heterocycles. The molecule has 0 saturated heterocycles. The molecule has 0 aliphatic rings. The lowest BCUT2D eigenvalue weighted by molar-refractivity contribution is 0.696. The Morgan fingerprint density at radius 1 is 1.40 bits per heavy atom. The van der Waals surface area contributed by atoms with Gasteiger partial charge in [-0.2, -0.15) is 0 Å². The Balaban J connectivity index is 1.80. The van der Waals surface area contributed by atoms with E-state index >= 15 is 0 Å². The molecular weight excluding hydrogens is 292 g/mol. The van der Waals surface area contributed by atoms with Gasteiger partial charge in [-0.25, -0.2) is 4.98 Å². The van der Waals surface area contributed by atoms with E-state index in [-0.39, 0.29) is 0 Å². The van der Waals surface area contributed by atoms with Gasteiger partial charge in [0.05, 0.1) is 3.79 Å². The zero-order chi connectivity index (χ0) is 10.7. The molecule has 0 amide bonds. The van der Waals surface area contributed by atoms with E-state index in [1.807, 2.05) is 6.92 Å². The van der Waals surface area contributed by atoms with Crippen LogP contribution in [-0.2, 0) is 13.1 Å². The van der Waals surface area contributed by atoms with E-state index in [4.69, 9.17) is 0 Å². The van der Waals surface area contributed by atoms with E-state index in [9.17, 15) is 0 Å². The molecule has 2 aromatic rings. The summed E-state index contributed by atoms with van der Waals surface area (Å²) in [6.45, 7) is 3.79. The minimum Gasteiger partial charge on any atom is -0.306 e. The molecule has 5 heteroatoms. The van der Waals surface area contributed by atoms with Crippen LogP contribution in [0.4, 0.5) is 0 Å². The standard InChI is InChI=1S/C10H11BrN2S2/c1-7-6-14-10(13-7)5-12-4-8-2-3-9(11)15-8/h2-3,6,12H,4-5H2,1H3. The van der Waals surface area contributed by atoms with Crippen LogP contribution in [0.25, 0.3) is 0 Å². The highest BCUT2D eigenvalue weighted by atomic mass is 79.9. The molecule has 0 unspecified atom stereocenters. The first-order valence-electron chi connectivity index (χ1n) is 4.60. The van der Waals surface area contributed by atoms with Crippen LogP contribution in [0.2, 0.25) is 0 Å². The van der Waals surface area contributed by atoms with Crippen LogP contribution in [0.1, 0.15) is 15.6 Å². The molecular formula is C10H11BrN2S2. The van der Waals surface area contributed by atoms with Gasteiger partial charge in [0.15, 0.2) is 0 Å². The molecule has 0 spiro atoms. The molecule has 1 N–H and O–H groups in total. The van der Waals surface area contributed by atoms with Gasteiger partial charge in [-0.3, -0.25) is 0 Å². The Hall–Kier alpha value is -0.230. The van der Waals surface area contributed by atoms with Gasteiger partial charge in [-0.15, -0.1) is 22.7 Å². The first-order valence-corrected chi connectivity index (χ1v) is 7.09. The lowest BCUT2D eigenvalue weighted by atomic mass is 10.4. The van der Waals surface area contributed by atoms with Crippen LogP contribution >= 0.6 is 38.6 Å². The second kappa shape index (κ2) is 5.21. The van der Waals surface area contributed by atoms with Crippen LogP contribution in [0.3, 0.4) is 0 Å². The molecule has 0 aliphatic carbocycles. The fraction of sp³-hybridized carbons (Fsp3) is 0.300. The van der Waals surface area contributed by atoms with Crippen LogP contribution in [0.15, 0.2) is 21.3 Å². The van der Waals surface area contributed by atoms with E-state index in [1.54, 1.807) is 22.7 Å². The number of hydrogen-bond donors (Lipinski definition) is 1. The van der Waals surface area contributed by atoms with Crippen molar-refractivity contribution in [1.29, 1.82) is 0 Å². The van der Waals surface area contributed by atoms with Crippen molar-refractivity contribution in [1.82, 2.24) is 10.3 Å². The van der Waals surface area contributed by atoms with Crippen molar-refractivity contribution in [3.05, 3.63) is 36.9 Å². The molecule has 0 aliphatic heterocycles. The minimum atomic E-state index is 0.855. The number of nitrogens with zero attached hydrogens (tertiary/aromatic N) is 1. The Bertz CT molecular complexity index is 396. The fourth-order valence-electron chi connectivity index (χ4n) is 1.22. The summed E-state index contributed by atoms with van der Waals surface area (Å²) in [6.07, 6.45) is 0. The Morgan fingerprint density at radius 3 is 2.87 bits per heavy atom. The van der Waals surface area contributed by atoms with E-state index in [0.29, 0.717) is 0 Å². The fourth-order valence-corrected chi connectivity index (χ4v) is 3.42. The molecule has 15 heavy (non-hydrogen) atoms. The second-order valence-electron chi connectivity index (χ2n) is 3.19. The van der Waals surface area contributed by atoms with Gasteiger partial charge in [-0.05, 0) is 35.0 Å².